The Bertz CT molecular complexity index is 215. The van der Waals surface area contributed by atoms with Crippen LogP contribution in [-0.4, -0.2) is 35.3 Å². The molecule has 4 nitrogen and oxygen atoms in total. The molecule has 16 heavy (non-hydrogen) atoms. The van der Waals surface area contributed by atoms with E-state index in [4.69, 9.17) is 0 Å². The molecular formula is C12H24N2O2. The summed E-state index contributed by atoms with van der Waals surface area (Å²) < 4.78 is 0. The predicted molar refractivity (Wildman–Crippen MR) is 65.0 cm³/mol. The first-order valence-electron chi connectivity index (χ1n) is 5.96. The molecule has 94 valence electrons. The van der Waals surface area contributed by atoms with E-state index in [0.717, 1.165) is 6.54 Å². The van der Waals surface area contributed by atoms with E-state index < -0.39 is 0 Å². The largest absolute Gasteiger partial charge is 0.299 e. The molecule has 2 amide bonds. The maximum Gasteiger partial charge on any atom is 0.227 e. The Kier molecular flexibility index (Phi) is 6.97. The highest BCUT2D eigenvalue weighted by atomic mass is 16.2. The van der Waals surface area contributed by atoms with Gasteiger partial charge in [-0.3, -0.25) is 19.8 Å². The molecule has 1 rings (SSSR count). The number of amides is 2. The quantitative estimate of drug-likeness (QED) is 0.746. The standard InChI is InChI=1S/C8H19N.C4H5NO2/c1-6-9(7(2)3)8(4)5;6-3-1-2-4(7)5-3/h7-8H,6H2,1-5H3;1-2H2,(H,5,6,7). The van der Waals surface area contributed by atoms with E-state index in [2.05, 4.69) is 44.8 Å². The number of imide groups is 1. The van der Waals surface area contributed by atoms with Crippen molar-refractivity contribution in [2.24, 2.45) is 0 Å². The second kappa shape index (κ2) is 7.39. The number of rotatable bonds is 3. The molecule has 1 aliphatic rings. The summed E-state index contributed by atoms with van der Waals surface area (Å²) in [6.07, 6.45) is 0.748. The smallest absolute Gasteiger partial charge is 0.227 e. The second-order valence-corrected chi connectivity index (χ2v) is 4.49. The van der Waals surface area contributed by atoms with Crippen LogP contribution in [-0.2, 0) is 9.59 Å². The zero-order chi connectivity index (χ0) is 12.7. The molecule has 0 aromatic rings. The van der Waals surface area contributed by atoms with Crippen LogP contribution in [0.5, 0.6) is 0 Å². The van der Waals surface area contributed by atoms with Crippen molar-refractivity contribution in [3.05, 3.63) is 0 Å². The van der Waals surface area contributed by atoms with Crippen LogP contribution in [0.25, 0.3) is 0 Å². The zero-order valence-corrected chi connectivity index (χ0v) is 11.0. The van der Waals surface area contributed by atoms with Crippen LogP contribution in [0.4, 0.5) is 0 Å². The minimum atomic E-state index is -0.148. The van der Waals surface area contributed by atoms with Gasteiger partial charge in [-0.2, -0.15) is 0 Å². The number of nitrogens with one attached hydrogen (secondary N) is 1. The number of hydrogen-bond acceptors (Lipinski definition) is 3. The summed E-state index contributed by atoms with van der Waals surface area (Å²) in [5, 5.41) is 2.14. The van der Waals surface area contributed by atoms with Crippen LogP contribution in [0.1, 0.15) is 47.5 Å². The summed E-state index contributed by atoms with van der Waals surface area (Å²) in [6, 6.07) is 1.38. The van der Waals surface area contributed by atoms with Gasteiger partial charge in [-0.1, -0.05) is 6.92 Å². The normalized spacial score (nSPS) is 15.5. The van der Waals surface area contributed by atoms with Gasteiger partial charge in [0.2, 0.25) is 11.8 Å². The van der Waals surface area contributed by atoms with Crippen LogP contribution in [0.15, 0.2) is 0 Å². The third-order valence-corrected chi connectivity index (χ3v) is 2.55. The van der Waals surface area contributed by atoms with Crippen molar-refractivity contribution in [1.29, 1.82) is 0 Å². The van der Waals surface area contributed by atoms with Crippen molar-refractivity contribution in [2.75, 3.05) is 6.54 Å². The molecule has 0 radical (unpaired) electrons. The number of hydrogen-bond donors (Lipinski definition) is 1. The molecule has 0 unspecified atom stereocenters. The van der Waals surface area contributed by atoms with Crippen molar-refractivity contribution in [3.63, 3.8) is 0 Å². The Hall–Kier alpha value is -0.900. The van der Waals surface area contributed by atoms with E-state index >= 15 is 0 Å². The summed E-state index contributed by atoms with van der Waals surface area (Å²) in [6.45, 7) is 12.3. The van der Waals surface area contributed by atoms with Gasteiger partial charge >= 0.3 is 0 Å². The van der Waals surface area contributed by atoms with Gasteiger partial charge in [0, 0.05) is 24.9 Å². The molecule has 0 bridgehead atoms. The second-order valence-electron chi connectivity index (χ2n) is 4.49. The molecular weight excluding hydrogens is 204 g/mol. The van der Waals surface area contributed by atoms with Gasteiger partial charge in [-0.25, -0.2) is 0 Å². The highest BCUT2D eigenvalue weighted by molar-refractivity contribution is 6.01. The number of nitrogens with zero attached hydrogens (tertiary/aromatic N) is 1. The fourth-order valence-electron chi connectivity index (χ4n) is 1.83. The molecule has 1 saturated heterocycles. The summed E-state index contributed by atoms with van der Waals surface area (Å²) in [5.41, 5.74) is 0. The topological polar surface area (TPSA) is 49.4 Å². The minimum absolute atomic E-state index is 0.148. The summed E-state index contributed by atoms with van der Waals surface area (Å²) in [7, 11) is 0. The molecule has 1 heterocycles. The summed E-state index contributed by atoms with van der Waals surface area (Å²) in [5.74, 6) is -0.296. The van der Waals surface area contributed by atoms with E-state index in [0.29, 0.717) is 24.9 Å². The maximum absolute atomic E-state index is 10.1. The lowest BCUT2D eigenvalue weighted by Gasteiger charge is -2.28. The Morgan fingerprint density at radius 2 is 1.44 bits per heavy atom. The van der Waals surface area contributed by atoms with Crippen LogP contribution in [0.2, 0.25) is 0 Å². The van der Waals surface area contributed by atoms with Gasteiger partial charge in [-0.15, -0.1) is 0 Å². The van der Waals surface area contributed by atoms with Crippen LogP contribution >= 0.6 is 0 Å². The molecule has 0 spiro atoms. The molecule has 0 aromatic carbocycles. The maximum atomic E-state index is 10.1. The minimum Gasteiger partial charge on any atom is -0.299 e. The molecule has 0 atom stereocenters. The molecule has 1 fully saturated rings. The molecule has 1 N–H and O–H groups in total. The highest BCUT2D eigenvalue weighted by Crippen LogP contribution is 2.02. The van der Waals surface area contributed by atoms with Crippen molar-refractivity contribution in [2.45, 2.75) is 59.5 Å². The number of carbonyl (C=O) groups is 2. The SMILES string of the molecule is CCN(C(C)C)C(C)C.O=C1CCC(=O)N1. The molecule has 1 aliphatic heterocycles. The average molecular weight is 228 g/mol. The van der Waals surface area contributed by atoms with E-state index in [9.17, 15) is 9.59 Å². The fraction of sp³-hybridized carbons (Fsp3) is 0.833. The third kappa shape index (κ3) is 5.85. The summed E-state index contributed by atoms with van der Waals surface area (Å²) >= 11 is 0. The third-order valence-electron chi connectivity index (χ3n) is 2.55. The summed E-state index contributed by atoms with van der Waals surface area (Å²) in [4.78, 5) is 22.7. The van der Waals surface area contributed by atoms with Gasteiger partial charge in [-0.05, 0) is 34.2 Å². The van der Waals surface area contributed by atoms with Gasteiger partial charge in [0.25, 0.3) is 0 Å². The lowest BCUT2D eigenvalue weighted by molar-refractivity contribution is -0.124. The van der Waals surface area contributed by atoms with E-state index in [1.165, 1.54) is 0 Å². The van der Waals surface area contributed by atoms with Crippen molar-refractivity contribution in [1.82, 2.24) is 10.2 Å². The van der Waals surface area contributed by atoms with Gasteiger partial charge in [0.15, 0.2) is 0 Å². The van der Waals surface area contributed by atoms with Crippen molar-refractivity contribution in [3.8, 4) is 0 Å². The molecule has 0 aromatic heterocycles. The first-order valence-corrected chi connectivity index (χ1v) is 5.96. The lowest BCUT2D eigenvalue weighted by Crippen LogP contribution is -2.36. The monoisotopic (exact) mass is 228 g/mol. The van der Waals surface area contributed by atoms with Gasteiger partial charge in [0.05, 0.1) is 0 Å². The fourth-order valence-corrected chi connectivity index (χ4v) is 1.83. The van der Waals surface area contributed by atoms with Gasteiger partial charge in [0.1, 0.15) is 0 Å². The average Bonchev–Trinajstić information content (AvgIpc) is 2.50. The molecule has 0 saturated carbocycles. The van der Waals surface area contributed by atoms with Crippen LogP contribution < -0.4 is 5.32 Å². The Morgan fingerprint density at radius 1 is 1.06 bits per heavy atom. The highest BCUT2D eigenvalue weighted by Gasteiger charge is 2.15. The lowest BCUT2D eigenvalue weighted by atomic mass is 10.2. The van der Waals surface area contributed by atoms with E-state index in [1.807, 2.05) is 0 Å². The van der Waals surface area contributed by atoms with Crippen LogP contribution in [0.3, 0.4) is 0 Å². The Balaban J connectivity index is 0.000000288. The number of carbonyl (C=O) groups excluding carboxylic acids is 2. The first-order chi connectivity index (χ1) is 7.38. The van der Waals surface area contributed by atoms with E-state index in [1.54, 1.807) is 0 Å². The zero-order valence-electron chi connectivity index (χ0n) is 11.0. The Morgan fingerprint density at radius 3 is 1.50 bits per heavy atom. The van der Waals surface area contributed by atoms with E-state index in [-0.39, 0.29) is 11.8 Å². The first kappa shape index (κ1) is 15.1. The van der Waals surface area contributed by atoms with Gasteiger partial charge < -0.3 is 0 Å². The predicted octanol–water partition coefficient (Wildman–Crippen LogP) is 1.55. The van der Waals surface area contributed by atoms with Crippen molar-refractivity contribution < 1.29 is 9.59 Å². The van der Waals surface area contributed by atoms with Crippen LogP contribution in [0, 0.1) is 0 Å². The molecule has 0 aliphatic carbocycles. The molecule has 4 heteroatoms. The Labute approximate surface area is 98.4 Å². The van der Waals surface area contributed by atoms with Crippen molar-refractivity contribution >= 4 is 11.8 Å².